The van der Waals surface area contributed by atoms with Crippen LogP contribution in [0.1, 0.15) is 15.9 Å². The van der Waals surface area contributed by atoms with Gasteiger partial charge in [0.25, 0.3) is 0 Å². The number of tetrazole rings is 1. The minimum absolute atomic E-state index is 0.408. The Hall–Kier alpha value is -3.42. The van der Waals surface area contributed by atoms with Crippen LogP contribution in [0.2, 0.25) is 0 Å². The van der Waals surface area contributed by atoms with Crippen LogP contribution in [-0.4, -0.2) is 52.3 Å². The van der Waals surface area contributed by atoms with Crippen molar-refractivity contribution < 1.29 is 4.79 Å². The van der Waals surface area contributed by atoms with Crippen molar-refractivity contribution in [3.05, 3.63) is 59.7 Å². The topological polar surface area (TPSA) is 93.2 Å². The van der Waals surface area contributed by atoms with Gasteiger partial charge in [-0.15, -0.1) is 0 Å². The van der Waals surface area contributed by atoms with Gasteiger partial charge in [0.05, 0.1) is 5.69 Å². The molecule has 0 spiro atoms. The van der Waals surface area contributed by atoms with Crippen molar-refractivity contribution in [1.29, 1.82) is 0 Å². The number of primary amides is 1. The van der Waals surface area contributed by atoms with Gasteiger partial charge in [-0.3, -0.25) is 4.79 Å². The second kappa shape index (κ2) is 7.06. The standard InChI is InChI=1S/C19H21N7O/c1-14-2-6-17(7-3-14)26-19(21-22-23-26)25-12-10-24(11-13-25)16-8-4-15(5-9-16)18(20)27/h2-9H,10-13H2,1H3,(H2,20,27). The number of carbonyl (C=O) groups excluding carboxylic acids is 1. The second-order valence-corrected chi connectivity index (χ2v) is 6.61. The predicted molar refractivity (Wildman–Crippen MR) is 103 cm³/mol. The molecule has 3 aromatic rings. The number of amides is 1. The summed E-state index contributed by atoms with van der Waals surface area (Å²) in [5, 5.41) is 12.2. The first-order valence-corrected chi connectivity index (χ1v) is 8.87. The van der Waals surface area contributed by atoms with Crippen molar-refractivity contribution in [3.8, 4) is 5.69 Å². The molecule has 0 unspecified atom stereocenters. The molecule has 2 heterocycles. The van der Waals surface area contributed by atoms with E-state index in [0.717, 1.165) is 43.5 Å². The van der Waals surface area contributed by atoms with Gasteiger partial charge in [-0.05, 0) is 53.7 Å². The minimum Gasteiger partial charge on any atom is -0.368 e. The number of nitrogens with two attached hydrogens (primary N) is 1. The Labute approximate surface area is 157 Å². The van der Waals surface area contributed by atoms with Crippen molar-refractivity contribution in [2.75, 3.05) is 36.0 Å². The number of nitrogens with zero attached hydrogens (tertiary/aromatic N) is 6. The van der Waals surface area contributed by atoms with E-state index in [2.05, 4.69) is 44.4 Å². The lowest BCUT2D eigenvalue weighted by atomic mass is 10.1. The van der Waals surface area contributed by atoms with Crippen LogP contribution in [0.3, 0.4) is 0 Å². The van der Waals surface area contributed by atoms with Crippen molar-refractivity contribution in [2.45, 2.75) is 6.92 Å². The fourth-order valence-electron chi connectivity index (χ4n) is 3.23. The van der Waals surface area contributed by atoms with E-state index in [1.54, 1.807) is 16.8 Å². The van der Waals surface area contributed by atoms with Crippen LogP contribution < -0.4 is 15.5 Å². The summed E-state index contributed by atoms with van der Waals surface area (Å²) in [5.74, 6) is 0.344. The molecule has 8 heteroatoms. The van der Waals surface area contributed by atoms with E-state index in [0.29, 0.717) is 5.56 Å². The molecule has 138 valence electrons. The smallest absolute Gasteiger partial charge is 0.250 e. The maximum Gasteiger partial charge on any atom is 0.250 e. The SMILES string of the molecule is Cc1ccc(-n2nnnc2N2CCN(c3ccc(C(N)=O)cc3)CC2)cc1. The normalized spacial score (nSPS) is 14.4. The van der Waals surface area contributed by atoms with Crippen LogP contribution >= 0.6 is 0 Å². The van der Waals surface area contributed by atoms with Crippen LogP contribution in [0.5, 0.6) is 0 Å². The molecular formula is C19H21N7O. The first-order valence-electron chi connectivity index (χ1n) is 8.87. The Morgan fingerprint density at radius 2 is 1.48 bits per heavy atom. The molecule has 0 bridgehead atoms. The molecule has 1 aliphatic heterocycles. The van der Waals surface area contributed by atoms with E-state index >= 15 is 0 Å². The summed E-state index contributed by atoms with van der Waals surface area (Å²) in [7, 11) is 0. The molecule has 27 heavy (non-hydrogen) atoms. The molecule has 1 fully saturated rings. The van der Waals surface area contributed by atoms with Crippen molar-refractivity contribution in [3.63, 3.8) is 0 Å². The zero-order valence-corrected chi connectivity index (χ0v) is 15.1. The van der Waals surface area contributed by atoms with Crippen molar-refractivity contribution in [2.24, 2.45) is 5.73 Å². The van der Waals surface area contributed by atoms with Gasteiger partial charge in [-0.2, -0.15) is 4.68 Å². The maximum atomic E-state index is 11.2. The Balaban J connectivity index is 1.46. The van der Waals surface area contributed by atoms with Crippen LogP contribution in [0.15, 0.2) is 48.5 Å². The molecule has 4 rings (SSSR count). The Bertz CT molecular complexity index is 925. The van der Waals surface area contributed by atoms with E-state index in [9.17, 15) is 4.79 Å². The zero-order valence-electron chi connectivity index (χ0n) is 15.1. The number of rotatable bonds is 4. The van der Waals surface area contributed by atoms with E-state index in [1.165, 1.54) is 5.56 Å². The summed E-state index contributed by atoms with van der Waals surface area (Å²) in [5.41, 5.74) is 9.06. The number of benzene rings is 2. The minimum atomic E-state index is -0.408. The first-order chi connectivity index (χ1) is 13.1. The first kappa shape index (κ1) is 17.0. The fourth-order valence-corrected chi connectivity index (χ4v) is 3.23. The molecule has 0 aliphatic carbocycles. The highest BCUT2D eigenvalue weighted by atomic mass is 16.1. The lowest BCUT2D eigenvalue weighted by Gasteiger charge is -2.36. The Morgan fingerprint density at radius 3 is 2.11 bits per heavy atom. The van der Waals surface area contributed by atoms with Crippen LogP contribution in [0, 0.1) is 6.92 Å². The number of piperazine rings is 1. The maximum absolute atomic E-state index is 11.2. The van der Waals surface area contributed by atoms with Gasteiger partial charge in [-0.1, -0.05) is 22.8 Å². The van der Waals surface area contributed by atoms with E-state index in [-0.39, 0.29) is 0 Å². The van der Waals surface area contributed by atoms with Gasteiger partial charge in [0.1, 0.15) is 0 Å². The largest absolute Gasteiger partial charge is 0.368 e. The number of anilines is 2. The van der Waals surface area contributed by atoms with Crippen LogP contribution in [0.4, 0.5) is 11.6 Å². The van der Waals surface area contributed by atoms with E-state index in [4.69, 9.17) is 5.73 Å². The third kappa shape index (κ3) is 3.46. The molecule has 2 N–H and O–H groups in total. The molecule has 1 amide bonds. The number of carbonyl (C=O) groups is 1. The van der Waals surface area contributed by atoms with E-state index in [1.807, 2.05) is 24.3 Å². The molecule has 1 aliphatic rings. The monoisotopic (exact) mass is 363 g/mol. The highest BCUT2D eigenvalue weighted by Crippen LogP contribution is 2.21. The number of hydrogen-bond acceptors (Lipinski definition) is 6. The average Bonchev–Trinajstić information content (AvgIpc) is 3.18. The van der Waals surface area contributed by atoms with Gasteiger partial charge >= 0.3 is 0 Å². The fraction of sp³-hybridized carbons (Fsp3) is 0.263. The molecule has 0 atom stereocenters. The Morgan fingerprint density at radius 1 is 0.889 bits per heavy atom. The molecule has 2 aromatic carbocycles. The van der Waals surface area contributed by atoms with Gasteiger partial charge in [0.15, 0.2) is 0 Å². The van der Waals surface area contributed by atoms with Gasteiger partial charge in [-0.25, -0.2) is 0 Å². The quantitative estimate of drug-likeness (QED) is 0.753. The third-order valence-electron chi connectivity index (χ3n) is 4.81. The summed E-state index contributed by atoms with van der Waals surface area (Å²) in [6.07, 6.45) is 0. The predicted octanol–water partition coefficient (Wildman–Crippen LogP) is 1.40. The van der Waals surface area contributed by atoms with Gasteiger partial charge in [0.2, 0.25) is 11.9 Å². The average molecular weight is 363 g/mol. The van der Waals surface area contributed by atoms with Gasteiger partial charge in [0, 0.05) is 37.4 Å². The number of hydrogen-bond donors (Lipinski definition) is 1. The lowest BCUT2D eigenvalue weighted by molar-refractivity contribution is 0.100. The van der Waals surface area contributed by atoms with Crippen LogP contribution in [-0.2, 0) is 0 Å². The number of aryl methyl sites for hydroxylation is 1. The highest BCUT2D eigenvalue weighted by Gasteiger charge is 2.22. The summed E-state index contributed by atoms with van der Waals surface area (Å²) in [6, 6.07) is 15.5. The summed E-state index contributed by atoms with van der Waals surface area (Å²) >= 11 is 0. The molecule has 0 saturated carbocycles. The highest BCUT2D eigenvalue weighted by molar-refractivity contribution is 5.93. The molecular weight excluding hydrogens is 342 g/mol. The van der Waals surface area contributed by atoms with Crippen molar-refractivity contribution in [1.82, 2.24) is 20.2 Å². The Kier molecular flexibility index (Phi) is 4.45. The molecule has 0 radical (unpaired) electrons. The zero-order chi connectivity index (χ0) is 18.8. The second-order valence-electron chi connectivity index (χ2n) is 6.61. The number of aromatic nitrogens is 4. The molecule has 1 saturated heterocycles. The van der Waals surface area contributed by atoms with Gasteiger partial charge < -0.3 is 15.5 Å². The third-order valence-corrected chi connectivity index (χ3v) is 4.81. The van der Waals surface area contributed by atoms with Crippen LogP contribution in [0.25, 0.3) is 5.69 Å². The molecule has 1 aromatic heterocycles. The van der Waals surface area contributed by atoms with E-state index < -0.39 is 5.91 Å². The summed E-state index contributed by atoms with van der Waals surface area (Å²) in [4.78, 5) is 15.7. The summed E-state index contributed by atoms with van der Waals surface area (Å²) < 4.78 is 1.77. The lowest BCUT2D eigenvalue weighted by Crippen LogP contribution is -2.47. The molecule has 8 nitrogen and oxygen atoms in total. The van der Waals surface area contributed by atoms with Crippen molar-refractivity contribution >= 4 is 17.5 Å². The summed E-state index contributed by atoms with van der Waals surface area (Å²) in [6.45, 7) is 5.36.